The third kappa shape index (κ3) is 19.1. The average molecular weight is 1330 g/mol. The third-order valence-corrected chi connectivity index (χ3v) is 16.9. The lowest BCUT2D eigenvalue weighted by Crippen LogP contribution is -2.15. The number of carboxylic acids is 1. The van der Waals surface area contributed by atoms with Gasteiger partial charge in [0, 0.05) is 55.5 Å². The van der Waals surface area contributed by atoms with Crippen molar-refractivity contribution in [3.05, 3.63) is 376 Å². The van der Waals surface area contributed by atoms with Crippen LogP contribution in [0.1, 0.15) is 107 Å². The molecule has 0 aliphatic heterocycles. The number of carbonyl (C=O) groups excluding carboxylic acids is 4. The fourth-order valence-corrected chi connectivity index (χ4v) is 11.1. The minimum atomic E-state index is -1.08. The number of furan rings is 3. The number of hydrogen-bond acceptors (Lipinski definition) is 8. The predicted molar refractivity (Wildman–Crippen MR) is 407 cm³/mol. The molecule has 14 aromatic rings. The summed E-state index contributed by atoms with van der Waals surface area (Å²) in [6.45, 7) is 9.69. The van der Waals surface area contributed by atoms with Crippen LogP contribution in [0, 0.1) is 20.8 Å². The third-order valence-electron chi connectivity index (χ3n) is 16.9. The van der Waals surface area contributed by atoms with Crippen LogP contribution in [0.4, 0.5) is 22.7 Å². The van der Waals surface area contributed by atoms with Crippen molar-refractivity contribution < 1.29 is 42.3 Å². The summed E-state index contributed by atoms with van der Waals surface area (Å²) in [4.78, 5) is 60.9. The number of amides is 4. The number of nitrogens with one attached hydrogen (secondary N) is 4. The number of aromatic carboxylic acids is 1. The van der Waals surface area contributed by atoms with Crippen molar-refractivity contribution in [3.8, 4) is 0 Å². The molecule has 0 spiro atoms. The number of fused-ring (bicyclic) bond motifs is 3. The highest BCUT2D eigenvalue weighted by atomic mass is 16.4. The minimum absolute atomic E-state index is 0.0675. The van der Waals surface area contributed by atoms with E-state index >= 15 is 0 Å². The zero-order valence-electron chi connectivity index (χ0n) is 56.1. The van der Waals surface area contributed by atoms with Crippen LogP contribution in [0.2, 0.25) is 0 Å². The molecule has 0 bridgehead atoms. The second-order valence-electron chi connectivity index (χ2n) is 24.1. The van der Waals surface area contributed by atoms with Gasteiger partial charge in [-0.15, -0.1) is 0 Å². The van der Waals surface area contributed by atoms with E-state index in [1.807, 2.05) is 185 Å². The number of benzene rings is 11. The summed E-state index contributed by atoms with van der Waals surface area (Å²) in [5.74, 6) is -1.70. The van der Waals surface area contributed by atoms with E-state index < -0.39 is 5.97 Å². The van der Waals surface area contributed by atoms with Crippen LogP contribution in [0.5, 0.6) is 0 Å². The van der Waals surface area contributed by atoms with Crippen LogP contribution in [0.15, 0.2) is 306 Å². The van der Waals surface area contributed by atoms with E-state index in [4.69, 9.17) is 13.3 Å². The zero-order valence-corrected chi connectivity index (χ0v) is 56.1. The second kappa shape index (κ2) is 33.7. The van der Waals surface area contributed by atoms with Gasteiger partial charge in [0.25, 0.3) is 23.6 Å². The molecule has 13 nitrogen and oxygen atoms in total. The Balaban J connectivity index is 0.000000137. The molecule has 13 heteroatoms. The first-order valence-electron chi connectivity index (χ1n) is 33.0. The van der Waals surface area contributed by atoms with E-state index in [2.05, 4.69) is 76.4 Å². The normalized spacial score (nSPS) is 10.7. The maximum atomic E-state index is 12.5. The maximum absolute atomic E-state index is 12.5. The lowest BCUT2D eigenvalue weighted by Gasteiger charge is -2.11. The standard InChI is InChI=1S/C24H19NO4.C24H21NO2.C24H19NO2.C16H15NO/c26-23(18-4-2-1-3-5-18)25-21-15-17(8-10-20(21)24(27)28)7-6-16-9-11-22-19(14-16)12-13-29-22;2*1-17-7-8-19(10-9-18-11-12-23-21(15-18)13-14-27-23)16-22(17)25-24(26)20-5-3-2-4-6-20;1-3-13-10-9-12(2)15(11-13)17-16(18)14-7-5-4-6-8-14/h1-5,8-15H,6-7H2,(H,25,26)(H,27,28);2-8,11-16H,9-10H2,1H3,(H,25,26);2-16H,1H3,(H,25,26);3-11H,1H2,2H3,(H,17,18)/b;;10-9+;. The van der Waals surface area contributed by atoms with Crippen molar-refractivity contribution in [3.63, 3.8) is 0 Å². The molecule has 500 valence electrons. The molecule has 0 saturated carbocycles. The summed E-state index contributed by atoms with van der Waals surface area (Å²) in [5.41, 5.74) is 18.8. The van der Waals surface area contributed by atoms with Gasteiger partial charge in [0.05, 0.1) is 30.0 Å². The monoisotopic (exact) mass is 1330 g/mol. The summed E-state index contributed by atoms with van der Waals surface area (Å²) in [7, 11) is 0. The number of aryl methyl sites for hydroxylation is 7. The highest BCUT2D eigenvalue weighted by Gasteiger charge is 2.16. The average Bonchev–Trinajstić information content (AvgIpc) is 1.85. The molecule has 3 aromatic heterocycles. The molecule has 101 heavy (non-hydrogen) atoms. The molecule has 14 rings (SSSR count). The van der Waals surface area contributed by atoms with Gasteiger partial charge in [-0.3, -0.25) is 19.2 Å². The fourth-order valence-electron chi connectivity index (χ4n) is 11.1. The van der Waals surface area contributed by atoms with Crippen LogP contribution in [-0.2, 0) is 25.7 Å². The molecule has 5 N–H and O–H groups in total. The topological polar surface area (TPSA) is 193 Å². The van der Waals surface area contributed by atoms with Crippen molar-refractivity contribution in [1.82, 2.24) is 0 Å². The molecule has 0 aliphatic carbocycles. The molecule has 4 amide bonds. The summed E-state index contributed by atoms with van der Waals surface area (Å²) in [6.07, 6.45) is 14.3. The molecular formula is C88H74N4O9. The van der Waals surface area contributed by atoms with Gasteiger partial charge in [-0.25, -0.2) is 4.79 Å². The first kappa shape index (κ1) is 69.2. The summed E-state index contributed by atoms with van der Waals surface area (Å²) >= 11 is 0. The van der Waals surface area contributed by atoms with Gasteiger partial charge >= 0.3 is 5.97 Å². The van der Waals surface area contributed by atoms with Crippen LogP contribution >= 0.6 is 0 Å². The maximum Gasteiger partial charge on any atom is 0.337 e. The number of carboxylic acid groups (broad SMARTS) is 1. The number of rotatable bonds is 18. The first-order valence-corrected chi connectivity index (χ1v) is 33.0. The Morgan fingerprint density at radius 1 is 0.337 bits per heavy atom. The Kier molecular flexibility index (Phi) is 23.1. The summed E-state index contributed by atoms with van der Waals surface area (Å²) in [6, 6.07) is 84.0. The number of hydrogen-bond donors (Lipinski definition) is 5. The van der Waals surface area contributed by atoms with Gasteiger partial charge < -0.3 is 39.6 Å². The van der Waals surface area contributed by atoms with E-state index in [1.165, 1.54) is 17.2 Å². The molecule has 0 fully saturated rings. The summed E-state index contributed by atoms with van der Waals surface area (Å²) < 4.78 is 16.1. The molecule has 0 atom stereocenters. The van der Waals surface area contributed by atoms with Crippen LogP contribution in [0.25, 0.3) is 51.1 Å². The van der Waals surface area contributed by atoms with Gasteiger partial charge in [-0.1, -0.05) is 158 Å². The van der Waals surface area contributed by atoms with Crippen LogP contribution in [-0.4, -0.2) is 34.7 Å². The Bertz CT molecular complexity index is 5250. The van der Waals surface area contributed by atoms with Crippen LogP contribution < -0.4 is 21.3 Å². The number of anilines is 4. The van der Waals surface area contributed by atoms with Gasteiger partial charge in [0.15, 0.2) is 0 Å². The fraction of sp³-hybridized carbons (Fsp3) is 0.0795. The van der Waals surface area contributed by atoms with Gasteiger partial charge in [0.1, 0.15) is 16.7 Å². The van der Waals surface area contributed by atoms with Gasteiger partial charge in [-0.2, -0.15) is 0 Å². The van der Waals surface area contributed by atoms with E-state index in [9.17, 15) is 29.1 Å². The zero-order chi connectivity index (χ0) is 70.5. The van der Waals surface area contributed by atoms with E-state index in [0.29, 0.717) is 27.9 Å². The quantitative estimate of drug-likeness (QED) is 0.0520. The Hall–Kier alpha value is -13.1. The Labute approximate surface area is 586 Å². The minimum Gasteiger partial charge on any atom is -0.478 e. The van der Waals surface area contributed by atoms with Crippen molar-refractivity contribution >= 4 is 103 Å². The summed E-state index contributed by atoms with van der Waals surface area (Å²) in [5, 5.41) is 24.4. The number of carbonyl (C=O) groups is 5. The lowest BCUT2D eigenvalue weighted by molar-refractivity contribution is 0.0697. The van der Waals surface area contributed by atoms with Crippen molar-refractivity contribution in [2.75, 3.05) is 21.3 Å². The Morgan fingerprint density at radius 3 is 1.06 bits per heavy atom. The molecule has 3 heterocycles. The van der Waals surface area contributed by atoms with Crippen molar-refractivity contribution in [1.29, 1.82) is 0 Å². The highest BCUT2D eigenvalue weighted by Crippen LogP contribution is 2.27. The smallest absolute Gasteiger partial charge is 0.337 e. The van der Waals surface area contributed by atoms with E-state index in [0.717, 1.165) is 120 Å². The lowest BCUT2D eigenvalue weighted by atomic mass is 10.0. The predicted octanol–water partition coefficient (Wildman–Crippen LogP) is 21.0. The van der Waals surface area contributed by atoms with E-state index in [-0.39, 0.29) is 29.2 Å². The van der Waals surface area contributed by atoms with Crippen molar-refractivity contribution in [2.45, 2.75) is 46.5 Å². The SMILES string of the molecule is C=Cc1ccc(C)c(NC(=O)c2ccccc2)c1.Cc1ccc(/C=C/c2ccc3occc3c2)cc1NC(=O)c1ccccc1.Cc1ccc(CCc2ccc3occc3c2)cc1NC(=O)c1ccccc1.O=C(Nc1cc(CCc2ccc3occc3c2)ccc1C(=O)O)c1ccccc1. The molecule has 0 aliphatic rings. The largest absolute Gasteiger partial charge is 0.478 e. The molecule has 11 aromatic carbocycles. The van der Waals surface area contributed by atoms with Crippen LogP contribution in [0.3, 0.4) is 0 Å². The van der Waals surface area contributed by atoms with Gasteiger partial charge in [0.2, 0.25) is 0 Å². The van der Waals surface area contributed by atoms with Gasteiger partial charge in [-0.05, 0) is 236 Å². The molecular weight excluding hydrogens is 1260 g/mol. The first-order chi connectivity index (χ1) is 49.2. The van der Waals surface area contributed by atoms with E-state index in [1.54, 1.807) is 85.5 Å². The molecule has 0 saturated heterocycles. The molecule has 0 radical (unpaired) electrons. The van der Waals surface area contributed by atoms with Crippen molar-refractivity contribution in [2.24, 2.45) is 0 Å². The highest BCUT2D eigenvalue weighted by molar-refractivity contribution is 6.08. The second-order valence-corrected chi connectivity index (χ2v) is 24.1. The molecule has 0 unspecified atom stereocenters. The Morgan fingerprint density at radius 2 is 0.644 bits per heavy atom.